The maximum atomic E-state index is 12.4. The third-order valence-electron chi connectivity index (χ3n) is 12.3. The molecule has 6 heteroatoms. The van der Waals surface area contributed by atoms with Crippen molar-refractivity contribution in [2.24, 2.45) is 0 Å². The summed E-state index contributed by atoms with van der Waals surface area (Å²) in [5.41, 5.74) is 0. The van der Waals surface area contributed by atoms with Crippen molar-refractivity contribution in [2.45, 2.75) is 302 Å². The van der Waals surface area contributed by atoms with Gasteiger partial charge in [0.2, 0.25) is 5.91 Å². The van der Waals surface area contributed by atoms with Gasteiger partial charge in [-0.3, -0.25) is 9.59 Å². The first-order valence-electron chi connectivity index (χ1n) is 26.4. The molecule has 350 valence electrons. The molecule has 0 rings (SSSR count). The molecular formula is C53H103NO5. The van der Waals surface area contributed by atoms with E-state index in [0.717, 1.165) is 44.9 Å². The number of hydrogen-bond donors (Lipinski definition) is 3. The third-order valence-corrected chi connectivity index (χ3v) is 12.3. The zero-order valence-electron chi connectivity index (χ0n) is 39.7. The van der Waals surface area contributed by atoms with Crippen LogP contribution in [0.4, 0.5) is 0 Å². The van der Waals surface area contributed by atoms with E-state index >= 15 is 0 Å². The van der Waals surface area contributed by atoms with E-state index in [2.05, 4.69) is 31.3 Å². The van der Waals surface area contributed by atoms with Gasteiger partial charge in [-0.15, -0.1) is 0 Å². The number of rotatable bonds is 49. The third kappa shape index (κ3) is 45.9. The molecule has 0 radical (unpaired) electrons. The molecule has 0 aromatic heterocycles. The van der Waals surface area contributed by atoms with Crippen LogP contribution in [0.25, 0.3) is 0 Å². The fourth-order valence-corrected chi connectivity index (χ4v) is 8.22. The maximum Gasteiger partial charge on any atom is 0.305 e. The van der Waals surface area contributed by atoms with Gasteiger partial charge in [-0.2, -0.15) is 0 Å². The lowest BCUT2D eigenvalue weighted by atomic mass is 10.0. The van der Waals surface area contributed by atoms with Crippen molar-refractivity contribution >= 4 is 11.9 Å². The highest BCUT2D eigenvalue weighted by molar-refractivity contribution is 5.76. The molecular weight excluding hydrogens is 731 g/mol. The molecule has 0 spiro atoms. The summed E-state index contributed by atoms with van der Waals surface area (Å²) in [5, 5.41) is 23.2. The van der Waals surface area contributed by atoms with E-state index in [1.807, 2.05) is 0 Å². The average Bonchev–Trinajstić information content (AvgIpc) is 3.24. The van der Waals surface area contributed by atoms with Gasteiger partial charge in [0.15, 0.2) is 0 Å². The SMILES string of the molecule is CCCCCC/C=C\CCCCCCCC(=O)OCCCCCCCCCCCCCCCCCCC(=O)NC(CO)C(O)CCCCCCCCCCCCCCC. The number of aliphatic hydroxyl groups excluding tert-OH is 2. The molecule has 59 heavy (non-hydrogen) atoms. The van der Waals surface area contributed by atoms with E-state index < -0.39 is 12.1 Å². The zero-order valence-corrected chi connectivity index (χ0v) is 39.7. The molecule has 0 heterocycles. The summed E-state index contributed by atoms with van der Waals surface area (Å²) in [6.45, 7) is 4.92. The summed E-state index contributed by atoms with van der Waals surface area (Å²) in [6, 6.07) is -0.545. The second-order valence-electron chi connectivity index (χ2n) is 18.2. The van der Waals surface area contributed by atoms with Gasteiger partial charge in [-0.1, -0.05) is 238 Å². The molecule has 2 unspecified atom stereocenters. The lowest BCUT2D eigenvalue weighted by Crippen LogP contribution is -2.45. The minimum Gasteiger partial charge on any atom is -0.466 e. The van der Waals surface area contributed by atoms with E-state index in [-0.39, 0.29) is 18.5 Å². The van der Waals surface area contributed by atoms with E-state index in [4.69, 9.17) is 4.74 Å². The Morgan fingerprint density at radius 3 is 1.22 bits per heavy atom. The van der Waals surface area contributed by atoms with Crippen LogP contribution in [0.3, 0.4) is 0 Å². The van der Waals surface area contributed by atoms with Crippen molar-refractivity contribution in [3.8, 4) is 0 Å². The Morgan fingerprint density at radius 1 is 0.458 bits per heavy atom. The molecule has 0 saturated heterocycles. The van der Waals surface area contributed by atoms with Crippen LogP contribution in [-0.4, -0.2) is 47.4 Å². The summed E-state index contributed by atoms with van der Waals surface area (Å²) in [4.78, 5) is 24.4. The van der Waals surface area contributed by atoms with Crippen LogP contribution in [0.1, 0.15) is 290 Å². The first kappa shape index (κ1) is 57.6. The van der Waals surface area contributed by atoms with Crippen molar-refractivity contribution < 1.29 is 24.5 Å². The van der Waals surface area contributed by atoms with E-state index in [1.54, 1.807) is 0 Å². The Labute approximate surface area is 368 Å². The fourth-order valence-electron chi connectivity index (χ4n) is 8.22. The van der Waals surface area contributed by atoms with Gasteiger partial charge in [0, 0.05) is 12.8 Å². The van der Waals surface area contributed by atoms with Crippen LogP contribution >= 0.6 is 0 Å². The van der Waals surface area contributed by atoms with Crippen molar-refractivity contribution in [3.63, 3.8) is 0 Å². The molecule has 0 fully saturated rings. The molecule has 0 bridgehead atoms. The standard InChI is InChI=1S/C53H103NO5/c1-3-5-7-9-11-13-15-21-25-29-33-37-41-45-51(56)50(49-55)54-52(57)46-42-38-34-30-26-23-19-17-18-20-24-28-32-36-40-44-48-59-53(58)47-43-39-35-31-27-22-16-14-12-10-8-6-4-2/h14,16,50-51,55-56H,3-13,15,17-49H2,1-2H3,(H,54,57)/b16-14-. The minimum absolute atomic E-state index is 0.00590. The predicted molar refractivity (Wildman–Crippen MR) is 255 cm³/mol. The van der Waals surface area contributed by atoms with Crippen molar-refractivity contribution in [1.29, 1.82) is 0 Å². The number of unbranched alkanes of at least 4 members (excludes halogenated alkanes) is 36. The highest BCUT2D eigenvalue weighted by Crippen LogP contribution is 2.17. The molecule has 0 aliphatic heterocycles. The smallest absolute Gasteiger partial charge is 0.305 e. The lowest BCUT2D eigenvalue weighted by molar-refractivity contribution is -0.143. The van der Waals surface area contributed by atoms with Crippen molar-refractivity contribution in [3.05, 3.63) is 12.2 Å². The van der Waals surface area contributed by atoms with Crippen LogP contribution in [-0.2, 0) is 14.3 Å². The number of allylic oxidation sites excluding steroid dienone is 2. The van der Waals surface area contributed by atoms with Gasteiger partial charge < -0.3 is 20.3 Å². The van der Waals surface area contributed by atoms with Gasteiger partial charge in [-0.25, -0.2) is 0 Å². The Bertz CT molecular complexity index is 878. The summed E-state index contributed by atoms with van der Waals surface area (Å²) >= 11 is 0. The molecule has 0 aliphatic carbocycles. The first-order chi connectivity index (χ1) is 29.0. The maximum absolute atomic E-state index is 12.4. The van der Waals surface area contributed by atoms with Crippen LogP contribution in [0.15, 0.2) is 12.2 Å². The highest BCUT2D eigenvalue weighted by Gasteiger charge is 2.20. The molecule has 0 aromatic rings. The van der Waals surface area contributed by atoms with E-state index in [9.17, 15) is 19.8 Å². The highest BCUT2D eigenvalue weighted by atomic mass is 16.5. The Hall–Kier alpha value is -1.40. The Morgan fingerprint density at radius 2 is 0.797 bits per heavy atom. The van der Waals surface area contributed by atoms with Gasteiger partial charge in [0.1, 0.15) is 0 Å². The molecule has 3 N–H and O–H groups in total. The fraction of sp³-hybridized carbons (Fsp3) is 0.925. The predicted octanol–water partition coefficient (Wildman–Crippen LogP) is 15.7. The molecule has 0 saturated carbocycles. The molecule has 1 amide bonds. The van der Waals surface area contributed by atoms with Crippen molar-refractivity contribution in [1.82, 2.24) is 5.32 Å². The van der Waals surface area contributed by atoms with Gasteiger partial charge in [0.05, 0.1) is 25.4 Å². The number of carbonyl (C=O) groups excluding carboxylic acids is 2. The van der Waals surface area contributed by atoms with E-state index in [0.29, 0.717) is 25.9 Å². The summed E-state index contributed by atoms with van der Waals surface area (Å²) in [5.74, 6) is -0.0473. The average molecular weight is 834 g/mol. The van der Waals surface area contributed by atoms with Crippen LogP contribution < -0.4 is 5.32 Å². The number of ether oxygens (including phenoxy) is 1. The van der Waals surface area contributed by atoms with E-state index in [1.165, 1.54) is 212 Å². The number of amides is 1. The van der Waals surface area contributed by atoms with Crippen LogP contribution in [0.5, 0.6) is 0 Å². The number of aliphatic hydroxyl groups is 2. The van der Waals surface area contributed by atoms with Crippen LogP contribution in [0.2, 0.25) is 0 Å². The summed E-state index contributed by atoms with van der Waals surface area (Å²) < 4.78 is 5.46. The largest absolute Gasteiger partial charge is 0.466 e. The van der Waals surface area contributed by atoms with Crippen molar-refractivity contribution in [2.75, 3.05) is 13.2 Å². The number of hydrogen-bond acceptors (Lipinski definition) is 5. The van der Waals surface area contributed by atoms with Gasteiger partial charge in [-0.05, 0) is 51.4 Å². The quantitative estimate of drug-likeness (QED) is 0.0322. The molecule has 0 aromatic carbocycles. The van der Waals surface area contributed by atoms with Gasteiger partial charge >= 0.3 is 5.97 Å². The summed E-state index contributed by atoms with van der Waals surface area (Å²) in [6.07, 6.45) is 56.1. The summed E-state index contributed by atoms with van der Waals surface area (Å²) in [7, 11) is 0. The minimum atomic E-state index is -0.667. The molecule has 6 nitrogen and oxygen atoms in total. The number of esters is 1. The lowest BCUT2D eigenvalue weighted by Gasteiger charge is -2.22. The molecule has 2 atom stereocenters. The topological polar surface area (TPSA) is 95.9 Å². The Balaban J connectivity index is 3.42. The van der Waals surface area contributed by atoms with Gasteiger partial charge in [0.25, 0.3) is 0 Å². The number of carbonyl (C=O) groups is 2. The number of nitrogens with one attached hydrogen (secondary N) is 1. The first-order valence-corrected chi connectivity index (χ1v) is 26.4. The zero-order chi connectivity index (χ0) is 43.0. The Kier molecular flexibility index (Phi) is 48.1. The molecule has 0 aliphatic rings. The normalized spacial score (nSPS) is 12.7. The second-order valence-corrected chi connectivity index (χ2v) is 18.2. The van der Waals surface area contributed by atoms with Crippen LogP contribution in [0, 0.1) is 0 Å². The monoisotopic (exact) mass is 834 g/mol. The second kappa shape index (κ2) is 49.3.